The highest BCUT2D eigenvalue weighted by Crippen LogP contribution is 2.22. The fourth-order valence-electron chi connectivity index (χ4n) is 1.42. The number of rotatable bonds is 4. The van der Waals surface area contributed by atoms with Crippen LogP contribution in [0.5, 0.6) is 0 Å². The van der Waals surface area contributed by atoms with Gasteiger partial charge in [-0.3, -0.25) is 4.79 Å². The molecule has 0 spiro atoms. The molecule has 0 radical (unpaired) electrons. The van der Waals surface area contributed by atoms with Crippen LogP contribution in [-0.2, 0) is 21.3 Å². The fourth-order valence-corrected chi connectivity index (χ4v) is 2.21. The van der Waals surface area contributed by atoms with Gasteiger partial charge in [-0.2, -0.15) is 5.26 Å². The third kappa shape index (κ3) is 3.76. The highest BCUT2D eigenvalue weighted by molar-refractivity contribution is 9.08. The lowest BCUT2D eigenvalue weighted by Gasteiger charge is -2.09. The summed E-state index contributed by atoms with van der Waals surface area (Å²) in [6.07, 6.45) is 0.178. The van der Waals surface area contributed by atoms with Crippen LogP contribution in [0, 0.1) is 11.3 Å². The number of benzene rings is 1. The number of ether oxygens (including phenoxy) is 1. The summed E-state index contributed by atoms with van der Waals surface area (Å²) in [5.74, 6) is -0.287. The topological polar surface area (TPSA) is 50.1 Å². The molecule has 0 N–H and O–H groups in total. The number of carbonyl (C=O) groups excluding carboxylic acids is 1. The predicted octanol–water partition coefficient (Wildman–Crippen LogP) is 2.85. The summed E-state index contributed by atoms with van der Waals surface area (Å²) >= 11 is 7.57. The van der Waals surface area contributed by atoms with Gasteiger partial charge in [0.25, 0.3) is 0 Å². The minimum absolute atomic E-state index is 0.178. The molecule has 0 heterocycles. The van der Waals surface area contributed by atoms with Gasteiger partial charge in [-0.05, 0) is 30.2 Å². The summed E-state index contributed by atoms with van der Waals surface area (Å²) in [6, 6.07) is 5.54. The van der Waals surface area contributed by atoms with E-state index >= 15 is 0 Å². The van der Waals surface area contributed by atoms with E-state index in [1.165, 1.54) is 0 Å². The van der Waals surface area contributed by atoms with Gasteiger partial charge in [0.2, 0.25) is 0 Å². The van der Waals surface area contributed by atoms with Crippen LogP contribution in [0.15, 0.2) is 17.0 Å². The average Bonchev–Trinajstić information content (AvgIpc) is 2.31. The predicted molar refractivity (Wildman–Crippen MR) is 71.4 cm³/mol. The molecule has 0 aliphatic rings. The van der Waals surface area contributed by atoms with Crippen molar-refractivity contribution in [3.8, 4) is 6.07 Å². The van der Waals surface area contributed by atoms with E-state index in [4.69, 9.17) is 10.00 Å². The van der Waals surface area contributed by atoms with Crippen LogP contribution in [0.2, 0.25) is 0 Å². The summed E-state index contributed by atoms with van der Waals surface area (Å²) in [4.78, 5) is 12.0. The lowest BCUT2D eigenvalue weighted by molar-refractivity contribution is -0.142. The normalized spacial score (nSPS) is 9.76. The molecule has 0 aliphatic heterocycles. The van der Waals surface area contributed by atoms with Gasteiger partial charge in [0.1, 0.15) is 6.07 Å². The van der Waals surface area contributed by atoms with Gasteiger partial charge >= 0.3 is 5.97 Å². The standard InChI is InChI=1S/C12H12BrNO2S/c1-2-16-12(15)5-8-3-10(7-14)11(17)4-9(8)6-13/h3-4,17H,2,5-6H2,1H3. The van der Waals surface area contributed by atoms with Gasteiger partial charge in [0.15, 0.2) is 0 Å². The highest BCUT2D eigenvalue weighted by atomic mass is 79.9. The maximum absolute atomic E-state index is 11.4. The molecule has 0 aliphatic carbocycles. The molecule has 0 unspecified atom stereocenters. The molecule has 1 aromatic rings. The van der Waals surface area contributed by atoms with Gasteiger partial charge in [-0.1, -0.05) is 15.9 Å². The molecule has 0 fully saturated rings. The molecular weight excluding hydrogens is 302 g/mol. The SMILES string of the molecule is CCOC(=O)Cc1cc(C#N)c(S)cc1CBr. The van der Waals surface area contributed by atoms with Crippen LogP contribution in [0.25, 0.3) is 0 Å². The highest BCUT2D eigenvalue weighted by Gasteiger charge is 2.11. The molecule has 0 bridgehead atoms. The fraction of sp³-hybridized carbons (Fsp3) is 0.333. The van der Waals surface area contributed by atoms with Crippen molar-refractivity contribution >= 4 is 34.5 Å². The van der Waals surface area contributed by atoms with Crippen molar-refractivity contribution < 1.29 is 9.53 Å². The van der Waals surface area contributed by atoms with Crippen LogP contribution in [0.1, 0.15) is 23.6 Å². The molecule has 0 saturated carbocycles. The van der Waals surface area contributed by atoms with Crippen LogP contribution in [-0.4, -0.2) is 12.6 Å². The molecule has 0 atom stereocenters. The maximum Gasteiger partial charge on any atom is 0.310 e. The second-order valence-corrected chi connectivity index (χ2v) is 4.41. The van der Waals surface area contributed by atoms with Crippen molar-refractivity contribution in [1.82, 2.24) is 0 Å². The molecule has 1 aromatic carbocycles. The summed E-state index contributed by atoms with van der Waals surface area (Å²) in [6.45, 7) is 2.12. The first-order valence-corrected chi connectivity index (χ1v) is 6.65. The Bertz CT molecular complexity index is 468. The van der Waals surface area contributed by atoms with Crippen LogP contribution < -0.4 is 0 Å². The Labute approximate surface area is 114 Å². The van der Waals surface area contributed by atoms with Gasteiger partial charge < -0.3 is 4.74 Å². The molecule has 3 nitrogen and oxygen atoms in total. The summed E-state index contributed by atoms with van der Waals surface area (Å²) < 4.78 is 4.89. The molecule has 1 rings (SSSR count). The number of esters is 1. The van der Waals surface area contributed by atoms with Gasteiger partial charge in [0.05, 0.1) is 18.6 Å². The lowest BCUT2D eigenvalue weighted by atomic mass is 10.0. The minimum Gasteiger partial charge on any atom is -0.466 e. The third-order valence-corrected chi connectivity index (χ3v) is 3.20. The Morgan fingerprint density at radius 3 is 2.76 bits per heavy atom. The van der Waals surface area contributed by atoms with Gasteiger partial charge in [0, 0.05) is 10.2 Å². The van der Waals surface area contributed by atoms with Crippen LogP contribution in [0.3, 0.4) is 0 Å². The third-order valence-electron chi connectivity index (χ3n) is 2.22. The zero-order valence-electron chi connectivity index (χ0n) is 9.36. The first-order valence-electron chi connectivity index (χ1n) is 5.08. The van der Waals surface area contributed by atoms with Crippen LogP contribution >= 0.6 is 28.6 Å². The summed E-state index contributed by atoms with van der Waals surface area (Å²) in [7, 11) is 0. The van der Waals surface area contributed by atoms with E-state index in [0.717, 1.165) is 11.1 Å². The number of carbonyl (C=O) groups is 1. The number of nitrogens with zero attached hydrogens (tertiary/aromatic N) is 1. The molecule has 90 valence electrons. The molecule has 0 amide bonds. The first-order chi connectivity index (χ1) is 8.12. The van der Waals surface area contributed by atoms with Crippen molar-refractivity contribution in [2.24, 2.45) is 0 Å². The van der Waals surface area contributed by atoms with E-state index in [9.17, 15) is 4.79 Å². The van der Waals surface area contributed by atoms with Crippen molar-refractivity contribution in [1.29, 1.82) is 5.26 Å². The Morgan fingerprint density at radius 1 is 1.53 bits per heavy atom. The molecule has 17 heavy (non-hydrogen) atoms. The number of hydrogen-bond donors (Lipinski definition) is 1. The number of alkyl halides is 1. The molecule has 5 heteroatoms. The van der Waals surface area contributed by atoms with E-state index in [2.05, 4.69) is 28.6 Å². The number of halogens is 1. The minimum atomic E-state index is -0.287. The Hall–Kier alpha value is -0.990. The number of thiol groups is 1. The second-order valence-electron chi connectivity index (χ2n) is 3.37. The van der Waals surface area contributed by atoms with Crippen molar-refractivity contribution in [3.05, 3.63) is 28.8 Å². The molecule has 0 aromatic heterocycles. The second kappa shape index (κ2) is 6.67. The lowest BCUT2D eigenvalue weighted by Crippen LogP contribution is -2.09. The largest absolute Gasteiger partial charge is 0.466 e. The Kier molecular flexibility index (Phi) is 5.52. The molecule has 0 saturated heterocycles. The van der Waals surface area contributed by atoms with Crippen molar-refractivity contribution in [3.63, 3.8) is 0 Å². The van der Waals surface area contributed by atoms with E-state index in [0.29, 0.717) is 22.4 Å². The first kappa shape index (κ1) is 14.1. The number of nitriles is 1. The van der Waals surface area contributed by atoms with Crippen LogP contribution in [0.4, 0.5) is 0 Å². The zero-order valence-corrected chi connectivity index (χ0v) is 11.8. The monoisotopic (exact) mass is 313 g/mol. The van der Waals surface area contributed by atoms with E-state index in [1.807, 2.05) is 6.07 Å². The average molecular weight is 314 g/mol. The van der Waals surface area contributed by atoms with Gasteiger partial charge in [-0.25, -0.2) is 0 Å². The quantitative estimate of drug-likeness (QED) is 0.528. The number of hydrogen-bond acceptors (Lipinski definition) is 4. The smallest absolute Gasteiger partial charge is 0.310 e. The van der Waals surface area contributed by atoms with Crippen molar-refractivity contribution in [2.75, 3.05) is 6.61 Å². The summed E-state index contributed by atoms with van der Waals surface area (Å²) in [5.41, 5.74) is 2.22. The van der Waals surface area contributed by atoms with E-state index in [1.54, 1.807) is 19.1 Å². The molecular formula is C12H12BrNO2S. The van der Waals surface area contributed by atoms with Crippen molar-refractivity contribution in [2.45, 2.75) is 23.6 Å². The van der Waals surface area contributed by atoms with Gasteiger partial charge in [-0.15, -0.1) is 12.6 Å². The zero-order chi connectivity index (χ0) is 12.8. The Morgan fingerprint density at radius 2 is 2.24 bits per heavy atom. The van der Waals surface area contributed by atoms with E-state index < -0.39 is 0 Å². The Balaban J connectivity index is 3.05. The summed E-state index contributed by atoms with van der Waals surface area (Å²) in [5, 5.41) is 9.53. The van der Waals surface area contributed by atoms with E-state index in [-0.39, 0.29) is 12.4 Å². The maximum atomic E-state index is 11.4.